The molecule has 2 heterocycles. The summed E-state index contributed by atoms with van der Waals surface area (Å²) in [7, 11) is 0. The first kappa shape index (κ1) is 9.99. The summed E-state index contributed by atoms with van der Waals surface area (Å²) in [5.41, 5.74) is 0. The lowest BCUT2D eigenvalue weighted by atomic mass is 10.7. The summed E-state index contributed by atoms with van der Waals surface area (Å²) in [5.74, 6) is 0. The highest BCUT2D eigenvalue weighted by molar-refractivity contribution is 8.00. The SMILES string of the molecule is O=[N+]([O-])c1cnc(Sc2ncccn2)s1. The average Bonchev–Trinajstić information content (AvgIpc) is 2.68. The second-order valence-corrected chi connectivity index (χ2v) is 4.58. The molecule has 0 bridgehead atoms. The van der Waals surface area contributed by atoms with E-state index >= 15 is 0 Å². The molecule has 0 atom stereocenters. The molecule has 2 rings (SSSR count). The van der Waals surface area contributed by atoms with Gasteiger partial charge in [0.2, 0.25) is 0 Å². The Morgan fingerprint density at radius 2 is 2.07 bits per heavy atom. The fourth-order valence-corrected chi connectivity index (χ4v) is 2.40. The smallest absolute Gasteiger partial charge is 0.257 e. The van der Waals surface area contributed by atoms with Gasteiger partial charge in [-0.3, -0.25) is 10.1 Å². The maximum Gasteiger partial charge on any atom is 0.344 e. The number of hydrogen-bond donors (Lipinski definition) is 0. The Hall–Kier alpha value is -1.54. The van der Waals surface area contributed by atoms with Gasteiger partial charge in [0.25, 0.3) is 0 Å². The van der Waals surface area contributed by atoms with Crippen molar-refractivity contribution in [2.75, 3.05) is 0 Å². The molecule has 0 spiro atoms. The van der Waals surface area contributed by atoms with Gasteiger partial charge in [0.05, 0.1) is 4.92 Å². The first-order valence-electron chi connectivity index (χ1n) is 3.81. The zero-order chi connectivity index (χ0) is 10.7. The van der Waals surface area contributed by atoms with E-state index in [-0.39, 0.29) is 5.00 Å². The number of nitrogens with zero attached hydrogens (tertiary/aromatic N) is 4. The lowest BCUT2D eigenvalue weighted by Gasteiger charge is -1.91. The van der Waals surface area contributed by atoms with Crippen molar-refractivity contribution in [3.8, 4) is 0 Å². The molecule has 8 heteroatoms. The van der Waals surface area contributed by atoms with Crippen LogP contribution in [0.4, 0.5) is 5.00 Å². The van der Waals surface area contributed by atoms with E-state index in [1.54, 1.807) is 18.5 Å². The molecule has 0 amide bonds. The minimum atomic E-state index is -0.465. The lowest BCUT2D eigenvalue weighted by molar-refractivity contribution is -0.380. The van der Waals surface area contributed by atoms with Crippen molar-refractivity contribution in [2.45, 2.75) is 9.50 Å². The zero-order valence-corrected chi connectivity index (χ0v) is 8.86. The first-order chi connectivity index (χ1) is 7.25. The summed E-state index contributed by atoms with van der Waals surface area (Å²) < 4.78 is 0.563. The Bertz CT molecular complexity index is 473. The summed E-state index contributed by atoms with van der Waals surface area (Å²) in [5, 5.41) is 11.0. The number of thiazole rings is 1. The molecule has 6 nitrogen and oxygen atoms in total. The van der Waals surface area contributed by atoms with E-state index in [1.165, 1.54) is 18.0 Å². The first-order valence-corrected chi connectivity index (χ1v) is 5.44. The monoisotopic (exact) mass is 240 g/mol. The number of nitro groups is 1. The number of rotatable bonds is 3. The second kappa shape index (κ2) is 4.32. The van der Waals surface area contributed by atoms with Crippen LogP contribution in [0.25, 0.3) is 0 Å². The Kier molecular flexibility index (Phi) is 2.88. The van der Waals surface area contributed by atoms with E-state index in [0.29, 0.717) is 9.50 Å². The number of aromatic nitrogens is 3. The summed E-state index contributed by atoms with van der Waals surface area (Å²) in [6, 6.07) is 1.70. The molecule has 0 N–H and O–H groups in total. The fourth-order valence-electron chi connectivity index (χ4n) is 0.798. The van der Waals surface area contributed by atoms with Gasteiger partial charge in [-0.25, -0.2) is 15.0 Å². The minimum absolute atomic E-state index is 0.0217. The number of hydrogen-bond acceptors (Lipinski definition) is 7. The fraction of sp³-hybridized carbons (Fsp3) is 0. The summed E-state index contributed by atoms with van der Waals surface area (Å²) in [6.45, 7) is 0. The molecule has 0 aliphatic carbocycles. The van der Waals surface area contributed by atoms with Crippen molar-refractivity contribution in [1.29, 1.82) is 0 Å². The van der Waals surface area contributed by atoms with E-state index in [2.05, 4.69) is 15.0 Å². The van der Waals surface area contributed by atoms with Crippen LogP contribution >= 0.6 is 23.1 Å². The van der Waals surface area contributed by atoms with Gasteiger partial charge in [-0.2, -0.15) is 0 Å². The normalized spacial score (nSPS) is 10.1. The molecular formula is C7H4N4O2S2. The molecule has 76 valence electrons. The Balaban J connectivity index is 2.15. The van der Waals surface area contributed by atoms with Crippen LogP contribution in [0.15, 0.2) is 34.2 Å². The zero-order valence-electron chi connectivity index (χ0n) is 7.23. The van der Waals surface area contributed by atoms with Gasteiger partial charge in [0.15, 0.2) is 9.50 Å². The molecule has 0 aliphatic rings. The van der Waals surface area contributed by atoms with Gasteiger partial charge in [0, 0.05) is 12.4 Å². The van der Waals surface area contributed by atoms with Crippen LogP contribution in [0.1, 0.15) is 0 Å². The van der Waals surface area contributed by atoms with E-state index in [1.807, 2.05) is 0 Å². The van der Waals surface area contributed by atoms with Gasteiger partial charge in [-0.15, -0.1) is 0 Å². The van der Waals surface area contributed by atoms with E-state index < -0.39 is 4.92 Å². The van der Waals surface area contributed by atoms with Crippen molar-refractivity contribution in [1.82, 2.24) is 15.0 Å². The van der Waals surface area contributed by atoms with Crippen LogP contribution in [0, 0.1) is 10.1 Å². The summed E-state index contributed by atoms with van der Waals surface area (Å²) in [4.78, 5) is 21.8. The minimum Gasteiger partial charge on any atom is -0.257 e. The second-order valence-electron chi connectivity index (χ2n) is 2.35. The molecule has 2 aromatic rings. The van der Waals surface area contributed by atoms with Crippen LogP contribution < -0.4 is 0 Å². The predicted octanol–water partition coefficient (Wildman–Crippen LogP) is 1.99. The molecular weight excluding hydrogens is 236 g/mol. The highest BCUT2D eigenvalue weighted by Gasteiger charge is 2.12. The highest BCUT2D eigenvalue weighted by Crippen LogP contribution is 2.31. The molecule has 0 fully saturated rings. The standard InChI is InChI=1S/C7H4N4O2S2/c12-11(13)5-4-10-7(14-5)15-6-8-2-1-3-9-6/h1-4H. The Labute approximate surface area is 92.6 Å². The Morgan fingerprint density at radius 3 is 2.67 bits per heavy atom. The van der Waals surface area contributed by atoms with Gasteiger partial charge in [-0.1, -0.05) is 0 Å². The van der Waals surface area contributed by atoms with Crippen LogP contribution in [0.2, 0.25) is 0 Å². The molecule has 0 saturated carbocycles. The van der Waals surface area contributed by atoms with Crippen LogP contribution in [-0.4, -0.2) is 19.9 Å². The van der Waals surface area contributed by atoms with Gasteiger partial charge < -0.3 is 0 Å². The van der Waals surface area contributed by atoms with Crippen molar-refractivity contribution in [2.24, 2.45) is 0 Å². The molecule has 0 aromatic carbocycles. The third kappa shape index (κ3) is 2.48. The third-order valence-electron chi connectivity index (χ3n) is 1.37. The van der Waals surface area contributed by atoms with E-state index in [9.17, 15) is 10.1 Å². The molecule has 0 unspecified atom stereocenters. The van der Waals surface area contributed by atoms with Gasteiger partial charge in [0.1, 0.15) is 6.20 Å². The Morgan fingerprint density at radius 1 is 1.33 bits per heavy atom. The van der Waals surface area contributed by atoms with Crippen molar-refractivity contribution < 1.29 is 4.92 Å². The topological polar surface area (TPSA) is 81.8 Å². The largest absolute Gasteiger partial charge is 0.344 e. The van der Waals surface area contributed by atoms with Gasteiger partial charge >= 0.3 is 5.00 Å². The lowest BCUT2D eigenvalue weighted by Crippen LogP contribution is -1.81. The maximum absolute atomic E-state index is 10.4. The predicted molar refractivity (Wildman–Crippen MR) is 54.9 cm³/mol. The molecule has 0 aliphatic heterocycles. The van der Waals surface area contributed by atoms with Crippen LogP contribution in [-0.2, 0) is 0 Å². The highest BCUT2D eigenvalue weighted by atomic mass is 32.2. The van der Waals surface area contributed by atoms with Crippen LogP contribution in [0.3, 0.4) is 0 Å². The van der Waals surface area contributed by atoms with E-state index in [4.69, 9.17) is 0 Å². The van der Waals surface area contributed by atoms with Gasteiger partial charge in [-0.05, 0) is 29.2 Å². The molecule has 0 radical (unpaired) electrons. The van der Waals surface area contributed by atoms with Crippen molar-refractivity contribution in [3.05, 3.63) is 34.8 Å². The van der Waals surface area contributed by atoms with Crippen molar-refractivity contribution in [3.63, 3.8) is 0 Å². The maximum atomic E-state index is 10.4. The summed E-state index contributed by atoms with van der Waals surface area (Å²) >= 11 is 2.22. The third-order valence-corrected chi connectivity index (χ3v) is 3.29. The van der Waals surface area contributed by atoms with E-state index in [0.717, 1.165) is 11.3 Å². The quantitative estimate of drug-likeness (QED) is 0.463. The molecule has 0 saturated heterocycles. The van der Waals surface area contributed by atoms with Crippen molar-refractivity contribution >= 4 is 28.1 Å². The summed E-state index contributed by atoms with van der Waals surface area (Å²) in [6.07, 6.45) is 4.45. The van der Waals surface area contributed by atoms with Crippen LogP contribution in [0.5, 0.6) is 0 Å². The molecule has 2 aromatic heterocycles. The molecule has 15 heavy (non-hydrogen) atoms. The average molecular weight is 240 g/mol.